The van der Waals surface area contributed by atoms with Crippen LogP contribution in [-0.2, 0) is 14.8 Å². The molecule has 0 atom stereocenters. The fourth-order valence-corrected chi connectivity index (χ4v) is 5.33. The van der Waals surface area contributed by atoms with Crippen LogP contribution < -0.4 is 13.9 Å². The molecule has 0 radical (unpaired) electrons. The number of carbonyl (C=O) groups excluding carboxylic acids is 1. The van der Waals surface area contributed by atoms with Gasteiger partial charge in [-0.05, 0) is 0 Å². The van der Waals surface area contributed by atoms with Crippen LogP contribution in [0.5, 0.6) is 11.5 Å². The van der Waals surface area contributed by atoms with Crippen LogP contribution in [-0.4, -0.2) is 56.1 Å². The summed E-state index contributed by atoms with van der Waals surface area (Å²) in [6, 6.07) is 15.0. The molecular weight excluding hydrogens is 475 g/mol. The molecule has 0 aliphatic heterocycles. The van der Waals surface area contributed by atoms with Crippen molar-refractivity contribution in [2.75, 3.05) is 27.1 Å². The van der Waals surface area contributed by atoms with Gasteiger partial charge in [0.05, 0.1) is 0 Å². The van der Waals surface area contributed by atoms with E-state index >= 15 is 0 Å². The third kappa shape index (κ3) is 9.07. The van der Waals surface area contributed by atoms with Gasteiger partial charge in [0.15, 0.2) is 0 Å². The molecule has 2 rings (SSSR count). The molecular formula is C24H34O5SeSi. The van der Waals surface area contributed by atoms with Gasteiger partial charge in [-0.2, -0.15) is 0 Å². The number of hydrogen-bond acceptors (Lipinski definition) is 5. The van der Waals surface area contributed by atoms with E-state index in [1.54, 1.807) is 13.2 Å². The summed E-state index contributed by atoms with van der Waals surface area (Å²) in [5.41, 5.74) is 1.37. The number of esters is 1. The van der Waals surface area contributed by atoms with E-state index in [2.05, 4.69) is 38.7 Å². The number of carbonyl (C=O) groups is 1. The second-order valence-electron chi connectivity index (χ2n) is 8.40. The molecule has 0 amide bonds. The van der Waals surface area contributed by atoms with Crippen LogP contribution in [0, 0.1) is 0 Å². The van der Waals surface area contributed by atoms with E-state index in [1.807, 2.05) is 24.3 Å². The van der Waals surface area contributed by atoms with Gasteiger partial charge in [-0.3, -0.25) is 0 Å². The number of methoxy groups -OCH3 is 1. The summed E-state index contributed by atoms with van der Waals surface area (Å²) in [7, 11) is 0.257. The van der Waals surface area contributed by atoms with Gasteiger partial charge in [-0.1, -0.05) is 0 Å². The zero-order valence-corrected chi connectivity index (χ0v) is 21.9. The Hall–Kier alpha value is -1.79. The topological polar surface area (TPSA) is 54.0 Å². The van der Waals surface area contributed by atoms with E-state index in [4.69, 9.17) is 18.9 Å². The van der Waals surface area contributed by atoms with Crippen molar-refractivity contribution in [3.8, 4) is 11.5 Å². The molecule has 5 nitrogen and oxygen atoms in total. The Labute approximate surface area is 193 Å². The van der Waals surface area contributed by atoms with E-state index in [0.717, 1.165) is 23.3 Å². The van der Waals surface area contributed by atoms with Crippen LogP contribution >= 0.6 is 0 Å². The van der Waals surface area contributed by atoms with E-state index < -0.39 is 8.07 Å². The third-order valence-corrected chi connectivity index (χ3v) is 8.32. The first-order valence-corrected chi connectivity index (χ1v) is 16.4. The number of hydrogen-bond donors (Lipinski definition) is 0. The molecule has 31 heavy (non-hydrogen) atoms. The van der Waals surface area contributed by atoms with Gasteiger partial charge in [-0.25, -0.2) is 0 Å². The zero-order valence-electron chi connectivity index (χ0n) is 19.2. The SMILES string of the molecule is CCCOc1cc(C[Se]c2ccccc2)c(C(=O)OCC[Si](C)(C)C)c(OCOC)c1. The van der Waals surface area contributed by atoms with Crippen molar-refractivity contribution < 1.29 is 23.7 Å². The molecule has 0 saturated carbocycles. The second kappa shape index (κ2) is 12.9. The summed E-state index contributed by atoms with van der Waals surface area (Å²) in [5, 5.41) is 0.738. The summed E-state index contributed by atoms with van der Waals surface area (Å²) in [5.74, 6) is 0.808. The Morgan fingerprint density at radius 1 is 1.03 bits per heavy atom. The van der Waals surface area contributed by atoms with E-state index in [-0.39, 0.29) is 27.7 Å². The first-order valence-electron chi connectivity index (χ1n) is 10.6. The van der Waals surface area contributed by atoms with Gasteiger partial charge < -0.3 is 0 Å². The van der Waals surface area contributed by atoms with Gasteiger partial charge >= 0.3 is 194 Å². The molecule has 0 N–H and O–H groups in total. The fraction of sp³-hybridized carbons (Fsp3) is 0.458. The fourth-order valence-electron chi connectivity index (χ4n) is 2.73. The van der Waals surface area contributed by atoms with E-state index in [0.29, 0.717) is 30.3 Å². The Balaban J connectivity index is 2.34. The van der Waals surface area contributed by atoms with Crippen LogP contribution in [0.2, 0.25) is 25.7 Å². The Kier molecular flexibility index (Phi) is 10.6. The molecule has 0 aromatic heterocycles. The van der Waals surface area contributed by atoms with E-state index in [9.17, 15) is 4.79 Å². The first kappa shape index (κ1) is 25.5. The summed E-state index contributed by atoms with van der Waals surface area (Å²) in [4.78, 5) is 13.1. The number of benzene rings is 2. The van der Waals surface area contributed by atoms with E-state index in [1.165, 1.54) is 4.46 Å². The molecule has 0 bridgehead atoms. The summed E-state index contributed by atoms with van der Waals surface area (Å²) >= 11 is 0.163. The van der Waals surface area contributed by atoms with Crippen LogP contribution in [0.1, 0.15) is 29.3 Å². The normalized spacial score (nSPS) is 11.3. The van der Waals surface area contributed by atoms with Crippen molar-refractivity contribution in [2.45, 2.75) is 44.3 Å². The third-order valence-electron chi connectivity index (χ3n) is 4.39. The molecule has 0 heterocycles. The quantitative estimate of drug-likeness (QED) is 0.226. The summed E-state index contributed by atoms with van der Waals surface area (Å²) in [6.45, 7) is 9.94. The molecule has 0 saturated heterocycles. The Morgan fingerprint density at radius 2 is 1.77 bits per heavy atom. The second-order valence-corrected chi connectivity index (χ2v) is 16.2. The maximum atomic E-state index is 13.1. The minimum absolute atomic E-state index is 0.0513. The van der Waals surface area contributed by atoms with Gasteiger partial charge in [-0.15, -0.1) is 0 Å². The van der Waals surface area contributed by atoms with Crippen molar-refractivity contribution in [3.05, 3.63) is 53.6 Å². The standard InChI is InChI=1S/C24H34O5SeSi/c1-6-12-27-20-15-19(17-30-21-10-8-7-9-11-21)23(22(16-20)29-18-26-2)24(25)28-13-14-31(3,4)5/h7-11,15-16H,6,12-14,17-18H2,1-5H3. The van der Waals surface area contributed by atoms with Crippen LogP contribution in [0.25, 0.3) is 0 Å². The molecule has 0 spiro atoms. The van der Waals surface area contributed by atoms with Crippen molar-refractivity contribution in [1.29, 1.82) is 0 Å². The van der Waals surface area contributed by atoms with Gasteiger partial charge in [0.1, 0.15) is 0 Å². The van der Waals surface area contributed by atoms with Crippen molar-refractivity contribution in [3.63, 3.8) is 0 Å². The molecule has 0 aliphatic carbocycles. The molecule has 0 aliphatic rings. The van der Waals surface area contributed by atoms with Crippen LogP contribution in [0.15, 0.2) is 42.5 Å². The molecule has 170 valence electrons. The van der Waals surface area contributed by atoms with Gasteiger partial charge in [0.25, 0.3) is 0 Å². The zero-order chi connectivity index (χ0) is 22.7. The number of ether oxygens (including phenoxy) is 4. The van der Waals surface area contributed by atoms with Crippen molar-refractivity contribution in [1.82, 2.24) is 0 Å². The van der Waals surface area contributed by atoms with Crippen LogP contribution in [0.4, 0.5) is 0 Å². The predicted octanol–water partition coefficient (Wildman–Crippen LogP) is 4.48. The Bertz CT molecular complexity index is 821. The monoisotopic (exact) mass is 510 g/mol. The van der Waals surface area contributed by atoms with Gasteiger partial charge in [0.2, 0.25) is 0 Å². The molecule has 0 unspecified atom stereocenters. The average molecular weight is 510 g/mol. The minimum atomic E-state index is -1.30. The first-order chi connectivity index (χ1) is 14.8. The maximum absolute atomic E-state index is 13.1. The Morgan fingerprint density at radius 3 is 2.42 bits per heavy atom. The number of rotatable bonds is 13. The molecule has 2 aromatic carbocycles. The molecule has 7 heteroatoms. The molecule has 0 fully saturated rings. The van der Waals surface area contributed by atoms with Crippen LogP contribution in [0.3, 0.4) is 0 Å². The average Bonchev–Trinajstić information content (AvgIpc) is 2.74. The summed E-state index contributed by atoms with van der Waals surface area (Å²) < 4.78 is 23.7. The molecule has 2 aromatic rings. The predicted molar refractivity (Wildman–Crippen MR) is 129 cm³/mol. The van der Waals surface area contributed by atoms with Crippen molar-refractivity contribution >= 4 is 33.5 Å². The van der Waals surface area contributed by atoms with Crippen molar-refractivity contribution in [2.24, 2.45) is 0 Å². The summed E-state index contributed by atoms with van der Waals surface area (Å²) in [6.07, 6.45) is 0.901. The van der Waals surface area contributed by atoms with Gasteiger partial charge in [0, 0.05) is 0 Å².